The molecule has 1 heterocycles. The van der Waals surface area contributed by atoms with Crippen molar-refractivity contribution >= 4 is 62.9 Å². The zero-order valence-electron chi connectivity index (χ0n) is 14.4. The second-order valence-electron chi connectivity index (χ2n) is 6.26. The minimum Gasteiger partial charge on any atom is -0.322 e. The van der Waals surface area contributed by atoms with Crippen LogP contribution in [0.1, 0.15) is 22.3 Å². The molecule has 158 valence electrons. The van der Waals surface area contributed by atoms with Crippen LogP contribution in [0.15, 0.2) is 30.3 Å². The molecule has 0 spiro atoms. The van der Waals surface area contributed by atoms with Gasteiger partial charge in [0.05, 0.1) is 32.6 Å². The van der Waals surface area contributed by atoms with Crippen molar-refractivity contribution in [3.8, 4) is 0 Å². The highest BCUT2D eigenvalue weighted by atomic mass is 35.5. The van der Waals surface area contributed by atoms with Gasteiger partial charge in [-0.05, 0) is 36.8 Å². The molecule has 2 aromatic rings. The van der Waals surface area contributed by atoms with Crippen molar-refractivity contribution in [3.63, 3.8) is 0 Å². The molecule has 2 aromatic carbocycles. The highest BCUT2D eigenvalue weighted by molar-refractivity contribution is 8.25. The van der Waals surface area contributed by atoms with E-state index in [4.69, 9.17) is 34.8 Å². The topological polar surface area (TPSA) is 72.8 Å². The predicted octanol–water partition coefficient (Wildman–Crippen LogP) is 6.79. The summed E-state index contributed by atoms with van der Waals surface area (Å²) in [7, 11) is -3.04. The van der Waals surface area contributed by atoms with Crippen molar-refractivity contribution in [2.45, 2.75) is 12.6 Å². The molecule has 0 radical (unpaired) electrons. The SMILES string of the molecule is O=C(Nc1cc(Cl)cc(C(F)(F)F)c1)c1cc(N2CCCS2(O)O)cc(Cl)c1Cl. The molecule has 0 unspecified atom stereocenters. The van der Waals surface area contributed by atoms with Crippen LogP contribution in [0.5, 0.6) is 0 Å². The molecule has 1 amide bonds. The molecule has 3 N–H and O–H groups in total. The molecule has 0 bridgehead atoms. The Morgan fingerprint density at radius 3 is 2.38 bits per heavy atom. The molecule has 0 aliphatic carbocycles. The van der Waals surface area contributed by atoms with E-state index in [0.29, 0.717) is 13.0 Å². The first-order valence-electron chi connectivity index (χ1n) is 8.10. The Bertz CT molecular complexity index is 973. The smallest absolute Gasteiger partial charge is 0.322 e. The predicted molar refractivity (Wildman–Crippen MR) is 111 cm³/mol. The van der Waals surface area contributed by atoms with E-state index in [1.807, 2.05) is 0 Å². The summed E-state index contributed by atoms with van der Waals surface area (Å²) in [5.74, 6) is -0.651. The number of anilines is 2. The number of carbonyl (C=O) groups excluding carboxylic acids is 1. The third-order valence-corrected chi connectivity index (χ3v) is 7.12. The van der Waals surface area contributed by atoms with Crippen LogP contribution in [0.3, 0.4) is 0 Å². The van der Waals surface area contributed by atoms with Crippen LogP contribution >= 0.6 is 45.6 Å². The lowest BCUT2D eigenvalue weighted by Crippen LogP contribution is -2.22. The molecule has 0 saturated carbocycles. The Morgan fingerprint density at radius 2 is 1.79 bits per heavy atom. The average Bonchev–Trinajstić information content (AvgIpc) is 2.95. The van der Waals surface area contributed by atoms with Gasteiger partial charge in [0.2, 0.25) is 0 Å². The standard InChI is InChI=1S/C17H14Cl3F3N2O3S/c18-10-4-9(17(21,22)23)5-11(6-10)24-16(26)13-7-12(8-14(19)15(13)20)25-2-1-3-29(25,27)28/h4-8,27-28H,1-3H2,(H,24,26). The third-order valence-electron chi connectivity index (χ3n) is 4.16. The maximum Gasteiger partial charge on any atom is 0.416 e. The van der Waals surface area contributed by atoms with Crippen LogP contribution in [-0.2, 0) is 6.18 Å². The van der Waals surface area contributed by atoms with Gasteiger partial charge in [-0.1, -0.05) is 34.8 Å². The van der Waals surface area contributed by atoms with E-state index in [9.17, 15) is 27.1 Å². The van der Waals surface area contributed by atoms with Gasteiger partial charge in [-0.3, -0.25) is 18.2 Å². The zero-order valence-corrected chi connectivity index (χ0v) is 17.5. The monoisotopic (exact) mass is 488 g/mol. The van der Waals surface area contributed by atoms with E-state index < -0.39 is 28.4 Å². The number of amides is 1. The van der Waals surface area contributed by atoms with Gasteiger partial charge in [-0.25, -0.2) is 0 Å². The summed E-state index contributed by atoms with van der Waals surface area (Å²) in [5, 5.41) is 1.97. The lowest BCUT2D eigenvalue weighted by molar-refractivity contribution is -0.137. The molecule has 0 atom stereocenters. The summed E-state index contributed by atoms with van der Waals surface area (Å²) >= 11 is 17.9. The van der Waals surface area contributed by atoms with Crippen LogP contribution in [0, 0.1) is 0 Å². The highest BCUT2D eigenvalue weighted by Gasteiger charge is 2.32. The summed E-state index contributed by atoms with van der Waals surface area (Å²) in [6.07, 6.45) is -4.11. The number of nitrogens with zero attached hydrogens (tertiary/aromatic N) is 1. The maximum absolute atomic E-state index is 13.0. The largest absolute Gasteiger partial charge is 0.416 e. The molecule has 5 nitrogen and oxygen atoms in total. The van der Waals surface area contributed by atoms with Gasteiger partial charge in [-0.15, -0.1) is 10.8 Å². The van der Waals surface area contributed by atoms with Crippen molar-refractivity contribution < 1.29 is 27.1 Å². The summed E-state index contributed by atoms with van der Waals surface area (Å²) in [6.45, 7) is 0.338. The van der Waals surface area contributed by atoms with Crippen molar-refractivity contribution in [1.82, 2.24) is 0 Å². The first kappa shape index (κ1) is 22.3. The quantitative estimate of drug-likeness (QED) is 0.444. The zero-order chi connectivity index (χ0) is 21.6. The van der Waals surface area contributed by atoms with Gasteiger partial charge in [0.1, 0.15) is 0 Å². The van der Waals surface area contributed by atoms with E-state index in [1.54, 1.807) is 0 Å². The van der Waals surface area contributed by atoms with E-state index >= 15 is 0 Å². The number of alkyl halides is 3. The second-order valence-corrected chi connectivity index (χ2v) is 9.60. The van der Waals surface area contributed by atoms with Gasteiger partial charge < -0.3 is 5.32 Å². The Morgan fingerprint density at radius 1 is 1.10 bits per heavy atom. The van der Waals surface area contributed by atoms with Gasteiger partial charge in [0, 0.05) is 17.3 Å². The van der Waals surface area contributed by atoms with Crippen molar-refractivity contribution in [3.05, 3.63) is 56.5 Å². The highest BCUT2D eigenvalue weighted by Crippen LogP contribution is 2.52. The number of benzene rings is 2. The Labute approximate surface area is 180 Å². The molecule has 1 saturated heterocycles. The lowest BCUT2D eigenvalue weighted by Gasteiger charge is -2.38. The molecule has 29 heavy (non-hydrogen) atoms. The summed E-state index contributed by atoms with van der Waals surface area (Å²) in [4.78, 5) is 12.7. The van der Waals surface area contributed by atoms with Gasteiger partial charge in [0.25, 0.3) is 5.91 Å². The Kier molecular flexibility index (Phi) is 6.20. The normalized spacial score (nSPS) is 17.3. The Balaban J connectivity index is 1.95. The van der Waals surface area contributed by atoms with Crippen LogP contribution < -0.4 is 9.62 Å². The van der Waals surface area contributed by atoms with E-state index in [0.717, 1.165) is 18.2 Å². The Hall–Kier alpha value is -1.36. The van der Waals surface area contributed by atoms with Gasteiger partial charge in [-0.2, -0.15) is 13.2 Å². The number of rotatable bonds is 3. The summed E-state index contributed by atoms with van der Waals surface area (Å²) in [5.41, 5.74) is -1.07. The van der Waals surface area contributed by atoms with Crippen molar-refractivity contribution in [2.24, 2.45) is 0 Å². The van der Waals surface area contributed by atoms with Crippen LogP contribution in [0.4, 0.5) is 24.5 Å². The van der Waals surface area contributed by atoms with Crippen LogP contribution in [0.2, 0.25) is 15.1 Å². The fourth-order valence-corrected chi connectivity index (χ4v) is 5.11. The molecule has 0 aromatic heterocycles. The van der Waals surface area contributed by atoms with Crippen LogP contribution in [-0.4, -0.2) is 27.3 Å². The summed E-state index contributed by atoms with van der Waals surface area (Å²) in [6, 6.07) is 5.32. The van der Waals surface area contributed by atoms with Gasteiger partial charge in [0.15, 0.2) is 0 Å². The maximum atomic E-state index is 13.0. The number of carbonyl (C=O) groups is 1. The molecule has 1 aliphatic rings. The summed E-state index contributed by atoms with van der Waals surface area (Å²) < 4.78 is 60.5. The average molecular weight is 490 g/mol. The molecule has 12 heteroatoms. The minimum atomic E-state index is -4.64. The second kappa shape index (κ2) is 8.05. The fraction of sp³-hybridized carbons (Fsp3) is 0.235. The molecule has 1 aliphatic heterocycles. The molecular formula is C17H14Cl3F3N2O3S. The number of nitrogens with one attached hydrogen (secondary N) is 1. The third kappa shape index (κ3) is 4.87. The number of halogens is 6. The van der Waals surface area contributed by atoms with Crippen molar-refractivity contribution in [1.29, 1.82) is 0 Å². The van der Waals surface area contributed by atoms with Gasteiger partial charge >= 0.3 is 6.18 Å². The molecular weight excluding hydrogens is 476 g/mol. The first-order valence-corrected chi connectivity index (χ1v) is 10.9. The van der Waals surface area contributed by atoms with Crippen LogP contribution in [0.25, 0.3) is 0 Å². The van der Waals surface area contributed by atoms with Crippen molar-refractivity contribution in [2.75, 3.05) is 21.9 Å². The number of hydrogen-bond donors (Lipinski definition) is 3. The van der Waals surface area contributed by atoms with E-state index in [1.165, 1.54) is 16.4 Å². The first-order chi connectivity index (χ1) is 13.4. The van der Waals surface area contributed by atoms with E-state index in [-0.39, 0.29) is 37.8 Å². The number of hydrogen-bond acceptors (Lipinski definition) is 4. The fourth-order valence-electron chi connectivity index (χ4n) is 2.86. The molecule has 3 rings (SSSR count). The minimum absolute atomic E-state index is 0.0153. The lowest BCUT2D eigenvalue weighted by atomic mass is 10.1. The molecule has 1 fully saturated rings. The van der Waals surface area contributed by atoms with E-state index in [2.05, 4.69) is 5.32 Å².